The number of alkyl halides is 1. The minimum Gasteiger partial charge on any atom is -0.319 e. The molecule has 0 amide bonds. The number of rotatable bonds is 2. The minimum atomic E-state index is -4.67. The third kappa shape index (κ3) is 91.6. The zero-order chi connectivity index (χ0) is 8.62. The molecule has 3 N–H and O–H groups in total. The molecule has 0 aliphatic heterocycles. The molecule has 0 unspecified atom stereocenters. The summed E-state index contributed by atoms with van der Waals surface area (Å²) in [6.07, 6.45) is 0. The average molecular weight is 192 g/mol. The van der Waals surface area contributed by atoms with E-state index >= 15 is 0 Å². The van der Waals surface area contributed by atoms with Gasteiger partial charge in [0.1, 0.15) is 0 Å². The van der Waals surface area contributed by atoms with Crippen LogP contribution in [0.25, 0.3) is 0 Å². The molecule has 0 bridgehead atoms. The molecule has 64 valence electrons. The van der Waals surface area contributed by atoms with Crippen molar-refractivity contribution in [3.8, 4) is 0 Å². The molecule has 0 aromatic rings. The van der Waals surface area contributed by atoms with Crippen LogP contribution >= 0.6 is 11.6 Å². The maximum atomic E-state index is 8.74. The summed E-state index contributed by atoms with van der Waals surface area (Å²) in [5.74, 6) is 0.705. The Hall–Kier alpha value is 0.120. The Morgan fingerprint density at radius 1 is 1.50 bits per heavy atom. The SMILES string of the molecule is CNCCCl.O=S(=O)(O)O. The monoisotopic (exact) mass is 191 g/mol. The highest BCUT2D eigenvalue weighted by atomic mass is 35.5. The van der Waals surface area contributed by atoms with Crippen molar-refractivity contribution in [1.29, 1.82) is 0 Å². The molecule has 0 heterocycles. The van der Waals surface area contributed by atoms with E-state index in [1.54, 1.807) is 0 Å². The summed E-state index contributed by atoms with van der Waals surface area (Å²) in [6, 6.07) is 0. The van der Waals surface area contributed by atoms with Gasteiger partial charge in [-0.15, -0.1) is 11.6 Å². The van der Waals surface area contributed by atoms with E-state index in [1.165, 1.54) is 0 Å². The highest BCUT2D eigenvalue weighted by Crippen LogP contribution is 1.64. The molecule has 0 atom stereocenters. The second kappa shape index (κ2) is 7.23. The van der Waals surface area contributed by atoms with Crippen molar-refractivity contribution >= 4 is 22.0 Å². The van der Waals surface area contributed by atoms with Gasteiger partial charge < -0.3 is 5.32 Å². The predicted molar refractivity (Wildman–Crippen MR) is 38.8 cm³/mol. The zero-order valence-electron chi connectivity index (χ0n) is 5.41. The number of hydrogen-bond donors (Lipinski definition) is 3. The highest BCUT2D eigenvalue weighted by molar-refractivity contribution is 7.79. The predicted octanol–water partition coefficient (Wildman–Crippen LogP) is -0.208. The van der Waals surface area contributed by atoms with Crippen LogP contribution in [0, 0.1) is 0 Å². The van der Waals surface area contributed by atoms with Crippen molar-refractivity contribution in [2.24, 2.45) is 0 Å². The van der Waals surface area contributed by atoms with Gasteiger partial charge in [0.25, 0.3) is 0 Å². The molecule has 5 nitrogen and oxygen atoms in total. The highest BCUT2D eigenvalue weighted by Gasteiger charge is 1.84. The lowest BCUT2D eigenvalue weighted by atomic mass is 10.8. The Morgan fingerprint density at radius 3 is 1.80 bits per heavy atom. The molecule has 10 heavy (non-hydrogen) atoms. The first kappa shape index (κ1) is 12.8. The van der Waals surface area contributed by atoms with Gasteiger partial charge in [0.05, 0.1) is 0 Å². The first-order valence-corrected chi connectivity index (χ1v) is 4.25. The van der Waals surface area contributed by atoms with Gasteiger partial charge >= 0.3 is 10.4 Å². The quantitative estimate of drug-likeness (QED) is 0.416. The van der Waals surface area contributed by atoms with E-state index in [0.717, 1.165) is 6.54 Å². The van der Waals surface area contributed by atoms with Gasteiger partial charge in [0.15, 0.2) is 0 Å². The van der Waals surface area contributed by atoms with E-state index < -0.39 is 10.4 Å². The molecule has 0 aromatic carbocycles. The summed E-state index contributed by atoms with van der Waals surface area (Å²) >= 11 is 5.24. The van der Waals surface area contributed by atoms with Crippen LogP contribution in [0.1, 0.15) is 0 Å². The van der Waals surface area contributed by atoms with Gasteiger partial charge in [-0.25, -0.2) is 0 Å². The van der Waals surface area contributed by atoms with Crippen LogP contribution < -0.4 is 5.32 Å². The van der Waals surface area contributed by atoms with Crippen molar-refractivity contribution < 1.29 is 17.5 Å². The van der Waals surface area contributed by atoms with E-state index in [2.05, 4.69) is 5.32 Å². The van der Waals surface area contributed by atoms with Gasteiger partial charge in [-0.05, 0) is 7.05 Å². The summed E-state index contributed by atoms with van der Waals surface area (Å²) in [5.41, 5.74) is 0. The van der Waals surface area contributed by atoms with E-state index in [4.69, 9.17) is 29.1 Å². The molecule has 0 aliphatic carbocycles. The van der Waals surface area contributed by atoms with Gasteiger partial charge in [-0.1, -0.05) is 0 Å². The Balaban J connectivity index is 0. The second-order valence-corrected chi connectivity index (χ2v) is 2.51. The molecule has 0 rings (SSSR count). The first-order chi connectivity index (χ1) is 4.41. The molecule has 0 radical (unpaired) electrons. The maximum Gasteiger partial charge on any atom is 0.394 e. The van der Waals surface area contributed by atoms with Crippen LogP contribution in [0.15, 0.2) is 0 Å². The largest absolute Gasteiger partial charge is 0.394 e. The van der Waals surface area contributed by atoms with Crippen LogP contribution in [-0.4, -0.2) is 37.0 Å². The number of hydrogen-bond acceptors (Lipinski definition) is 3. The third-order valence-corrected chi connectivity index (χ3v) is 0.533. The van der Waals surface area contributed by atoms with Crippen molar-refractivity contribution in [2.45, 2.75) is 0 Å². The number of nitrogens with one attached hydrogen (secondary N) is 1. The molecule has 0 saturated heterocycles. The lowest BCUT2D eigenvalue weighted by molar-refractivity contribution is 0.381. The molecule has 7 heteroatoms. The fraction of sp³-hybridized carbons (Fsp3) is 1.00. The number of halogens is 1. The van der Waals surface area contributed by atoms with Crippen molar-refractivity contribution in [1.82, 2.24) is 5.32 Å². The fourth-order valence-corrected chi connectivity index (χ4v) is 0.283. The van der Waals surface area contributed by atoms with Crippen LogP contribution in [-0.2, 0) is 10.4 Å². The van der Waals surface area contributed by atoms with Crippen molar-refractivity contribution in [3.05, 3.63) is 0 Å². The van der Waals surface area contributed by atoms with E-state index in [1.807, 2.05) is 7.05 Å². The zero-order valence-corrected chi connectivity index (χ0v) is 6.98. The maximum absolute atomic E-state index is 8.74. The van der Waals surface area contributed by atoms with Crippen LogP contribution in [0.4, 0.5) is 0 Å². The first-order valence-electron chi connectivity index (χ1n) is 2.32. The standard InChI is InChI=1S/C3H8ClN.H2O4S/c1-5-3-2-4;1-5(2,3)4/h5H,2-3H2,1H3;(H2,1,2,3,4). The van der Waals surface area contributed by atoms with Crippen LogP contribution in [0.5, 0.6) is 0 Å². The summed E-state index contributed by atoms with van der Waals surface area (Å²) < 4.78 is 31.6. The lowest BCUT2D eigenvalue weighted by Gasteiger charge is -1.82. The Morgan fingerprint density at radius 2 is 1.80 bits per heavy atom. The van der Waals surface area contributed by atoms with Gasteiger partial charge in [-0.2, -0.15) is 8.42 Å². The molecule has 0 saturated carbocycles. The average Bonchev–Trinajstić information content (AvgIpc) is 1.63. The summed E-state index contributed by atoms with van der Waals surface area (Å²) in [7, 11) is -2.79. The van der Waals surface area contributed by atoms with E-state index in [-0.39, 0.29) is 0 Å². The van der Waals surface area contributed by atoms with Gasteiger partial charge in [0, 0.05) is 12.4 Å². The Labute approximate surface area is 65.0 Å². The topological polar surface area (TPSA) is 86.6 Å². The summed E-state index contributed by atoms with van der Waals surface area (Å²) in [4.78, 5) is 0. The third-order valence-electron chi connectivity index (χ3n) is 0.344. The van der Waals surface area contributed by atoms with E-state index in [9.17, 15) is 0 Å². The van der Waals surface area contributed by atoms with Gasteiger partial charge in [-0.3, -0.25) is 9.11 Å². The summed E-state index contributed by atoms with van der Waals surface area (Å²) in [6.45, 7) is 0.904. The van der Waals surface area contributed by atoms with Crippen molar-refractivity contribution in [3.63, 3.8) is 0 Å². The minimum absolute atomic E-state index is 0.705. The molecule has 0 aromatic heterocycles. The molecule has 0 aliphatic rings. The smallest absolute Gasteiger partial charge is 0.319 e. The Bertz CT molecular complexity index is 135. The Kier molecular flexibility index (Phi) is 9.23. The normalized spacial score (nSPS) is 10.0. The lowest BCUT2D eigenvalue weighted by Crippen LogP contribution is -2.07. The fourth-order valence-electron chi connectivity index (χ4n) is 0.0945. The molecular formula is C3H10ClNO4S. The van der Waals surface area contributed by atoms with Gasteiger partial charge in [0.2, 0.25) is 0 Å². The second-order valence-electron chi connectivity index (χ2n) is 1.24. The van der Waals surface area contributed by atoms with Crippen molar-refractivity contribution in [2.75, 3.05) is 19.5 Å². The molecular weight excluding hydrogens is 182 g/mol. The van der Waals surface area contributed by atoms with E-state index in [0.29, 0.717) is 5.88 Å². The van der Waals surface area contributed by atoms with Crippen LogP contribution in [0.3, 0.4) is 0 Å². The molecule has 0 fully saturated rings. The summed E-state index contributed by atoms with van der Waals surface area (Å²) in [5, 5.41) is 2.89. The molecule has 0 spiro atoms. The van der Waals surface area contributed by atoms with Crippen LogP contribution in [0.2, 0.25) is 0 Å².